The maximum absolute atomic E-state index is 13.2. The van der Waals surface area contributed by atoms with E-state index < -0.39 is 33.6 Å². The van der Waals surface area contributed by atoms with Gasteiger partial charge in [0, 0.05) is 22.7 Å². The summed E-state index contributed by atoms with van der Waals surface area (Å²) >= 11 is 4.24. The van der Waals surface area contributed by atoms with Crippen LogP contribution in [0.2, 0.25) is 0 Å². The molecule has 5 rings (SSSR count). The maximum atomic E-state index is 13.2. The molecular weight excluding hydrogens is 440 g/mol. The molecule has 7 heteroatoms. The highest BCUT2D eigenvalue weighted by atomic mass is 32.1. The van der Waals surface area contributed by atoms with Gasteiger partial charge in [-0.3, -0.25) is 9.59 Å². The van der Waals surface area contributed by atoms with E-state index >= 15 is 0 Å². The molecule has 1 aromatic heterocycles. The van der Waals surface area contributed by atoms with E-state index in [-0.39, 0.29) is 35.2 Å². The monoisotopic (exact) mass is 470 g/mol. The summed E-state index contributed by atoms with van der Waals surface area (Å²) < 4.78 is 11.2. The van der Waals surface area contributed by atoms with Crippen molar-refractivity contribution in [1.82, 2.24) is 0 Å². The second-order valence-corrected chi connectivity index (χ2v) is 11.2. The standard InChI is InChI=1S/C26H30O6S/c1-14-11-18-17-7-6-15-12-16(27)8-9-24(15,2)21(17)19(28)13-25(18,3)26(14,23(30)33)32-22(29)20-5-4-10-31-20/h4-5,8-10,12,14,17-19,21,28H,6-7,11,13H2,1-3H3,(H,30,33)/t14-,17?,18?,19+,21?,24+,25+,26+/m1/s1. The molecule has 4 aliphatic rings. The number of allylic oxidation sites excluding steroid dienone is 4. The first-order chi connectivity index (χ1) is 15.5. The molecule has 0 saturated heterocycles. The second kappa shape index (κ2) is 7.44. The Morgan fingerprint density at radius 3 is 2.73 bits per heavy atom. The fraction of sp³-hybridized carbons (Fsp3) is 0.577. The van der Waals surface area contributed by atoms with Gasteiger partial charge in [-0.2, -0.15) is 0 Å². The summed E-state index contributed by atoms with van der Waals surface area (Å²) in [6.45, 7) is 6.01. The summed E-state index contributed by atoms with van der Waals surface area (Å²) in [6, 6.07) is 3.11. The number of hydrogen-bond acceptors (Lipinski definition) is 6. The Kier molecular flexibility index (Phi) is 5.11. The van der Waals surface area contributed by atoms with Gasteiger partial charge in [-0.05, 0) is 61.8 Å². The lowest BCUT2D eigenvalue weighted by Gasteiger charge is -2.59. The Hall–Kier alpha value is -2.12. The van der Waals surface area contributed by atoms with Crippen molar-refractivity contribution in [2.75, 3.05) is 0 Å². The molecule has 0 radical (unpaired) electrons. The second-order valence-electron chi connectivity index (χ2n) is 10.8. The zero-order chi connectivity index (χ0) is 23.8. The van der Waals surface area contributed by atoms with Crippen molar-refractivity contribution in [1.29, 1.82) is 0 Å². The molecule has 1 N–H and O–H groups in total. The van der Waals surface area contributed by atoms with Crippen LogP contribution in [-0.2, 0) is 14.3 Å². The fourth-order valence-electron chi connectivity index (χ4n) is 7.95. The van der Waals surface area contributed by atoms with Crippen LogP contribution in [0.25, 0.3) is 0 Å². The summed E-state index contributed by atoms with van der Waals surface area (Å²) in [6.07, 6.45) is 8.56. The number of carbonyl (C=O) groups is 3. The van der Waals surface area contributed by atoms with Crippen LogP contribution in [0.15, 0.2) is 46.6 Å². The molecule has 3 saturated carbocycles. The fourth-order valence-corrected chi connectivity index (χ4v) is 8.47. The van der Waals surface area contributed by atoms with Crippen molar-refractivity contribution >= 4 is 29.5 Å². The summed E-state index contributed by atoms with van der Waals surface area (Å²) in [7, 11) is 0. The molecular formula is C26H30O6S. The topological polar surface area (TPSA) is 93.8 Å². The summed E-state index contributed by atoms with van der Waals surface area (Å²) in [5.74, 6) is -0.815. The number of furan rings is 1. The summed E-state index contributed by atoms with van der Waals surface area (Å²) in [4.78, 5) is 38.1. The SMILES string of the molecule is C[C@@H]1CC2C3CCC4=CC(=O)C=C[C@]4(C)C3[C@@H](O)C[C@]2(C)[C@@]1(OC(=O)c1ccco1)C(=O)S. The first-order valence-electron chi connectivity index (χ1n) is 11.7. The number of carbonyl (C=O) groups excluding carboxylic acids is 3. The van der Waals surface area contributed by atoms with Crippen LogP contribution in [0.1, 0.15) is 57.0 Å². The molecule has 0 aliphatic heterocycles. The third-order valence-corrected chi connectivity index (χ3v) is 9.66. The molecule has 3 unspecified atom stereocenters. The number of ether oxygens (including phenoxy) is 1. The van der Waals surface area contributed by atoms with E-state index in [2.05, 4.69) is 19.6 Å². The molecule has 33 heavy (non-hydrogen) atoms. The molecule has 6 nitrogen and oxygen atoms in total. The van der Waals surface area contributed by atoms with Crippen molar-refractivity contribution in [3.05, 3.63) is 48.0 Å². The Balaban J connectivity index is 1.56. The number of hydrogen-bond donors (Lipinski definition) is 2. The normalized spacial score (nSPS) is 43.8. The largest absolute Gasteiger partial charge is 0.457 e. The third kappa shape index (κ3) is 2.94. The van der Waals surface area contributed by atoms with E-state index in [4.69, 9.17) is 9.15 Å². The molecule has 0 amide bonds. The van der Waals surface area contributed by atoms with Gasteiger partial charge in [-0.1, -0.05) is 32.4 Å². The number of thiol groups is 1. The zero-order valence-electron chi connectivity index (χ0n) is 19.1. The Morgan fingerprint density at radius 2 is 2.06 bits per heavy atom. The van der Waals surface area contributed by atoms with E-state index in [9.17, 15) is 19.5 Å². The van der Waals surface area contributed by atoms with E-state index in [1.165, 1.54) is 12.3 Å². The Morgan fingerprint density at radius 1 is 1.30 bits per heavy atom. The van der Waals surface area contributed by atoms with Gasteiger partial charge in [0.1, 0.15) is 0 Å². The van der Waals surface area contributed by atoms with Gasteiger partial charge >= 0.3 is 5.97 Å². The minimum atomic E-state index is -1.47. The predicted octanol–water partition coefficient (Wildman–Crippen LogP) is 4.16. The van der Waals surface area contributed by atoms with Crippen LogP contribution < -0.4 is 0 Å². The predicted molar refractivity (Wildman–Crippen MR) is 123 cm³/mol. The number of ketones is 1. The molecule has 3 fully saturated rings. The van der Waals surface area contributed by atoms with E-state index in [1.54, 1.807) is 18.2 Å². The number of rotatable bonds is 3. The van der Waals surface area contributed by atoms with Crippen molar-refractivity contribution in [2.24, 2.45) is 34.5 Å². The first-order valence-corrected chi connectivity index (χ1v) is 12.1. The lowest BCUT2D eigenvalue weighted by Crippen LogP contribution is -2.63. The number of aliphatic hydroxyl groups excluding tert-OH is 1. The van der Waals surface area contributed by atoms with Crippen molar-refractivity contribution in [3.8, 4) is 0 Å². The van der Waals surface area contributed by atoms with Gasteiger partial charge in [0.25, 0.3) is 0 Å². The van der Waals surface area contributed by atoms with Gasteiger partial charge < -0.3 is 14.3 Å². The summed E-state index contributed by atoms with van der Waals surface area (Å²) in [5, 5.41) is 11.1. The highest BCUT2D eigenvalue weighted by Gasteiger charge is 2.72. The van der Waals surface area contributed by atoms with Crippen LogP contribution >= 0.6 is 12.6 Å². The van der Waals surface area contributed by atoms with Gasteiger partial charge in [0.2, 0.25) is 10.9 Å². The highest BCUT2D eigenvalue weighted by molar-refractivity contribution is 7.96. The van der Waals surface area contributed by atoms with Crippen molar-refractivity contribution in [2.45, 2.75) is 58.2 Å². The smallest absolute Gasteiger partial charge is 0.375 e. The number of esters is 1. The molecule has 176 valence electrons. The zero-order valence-corrected chi connectivity index (χ0v) is 20.0. The van der Waals surface area contributed by atoms with E-state index in [1.807, 2.05) is 19.9 Å². The van der Waals surface area contributed by atoms with E-state index in [0.717, 1.165) is 18.4 Å². The van der Waals surface area contributed by atoms with Crippen molar-refractivity contribution in [3.63, 3.8) is 0 Å². The maximum Gasteiger partial charge on any atom is 0.375 e. The molecule has 0 aromatic carbocycles. The van der Waals surface area contributed by atoms with Crippen LogP contribution in [0.5, 0.6) is 0 Å². The molecule has 4 aliphatic carbocycles. The minimum Gasteiger partial charge on any atom is -0.457 e. The molecule has 0 spiro atoms. The Bertz CT molecular complexity index is 1070. The molecule has 1 aromatic rings. The lowest BCUT2D eigenvalue weighted by molar-refractivity contribution is -0.176. The number of aliphatic hydroxyl groups is 1. The van der Waals surface area contributed by atoms with Gasteiger partial charge in [-0.15, -0.1) is 12.6 Å². The van der Waals surface area contributed by atoms with Crippen molar-refractivity contribution < 1.29 is 28.6 Å². The van der Waals surface area contributed by atoms with Gasteiger partial charge in [0.05, 0.1) is 12.4 Å². The first kappa shape index (κ1) is 22.7. The average Bonchev–Trinajstić information content (AvgIpc) is 3.35. The van der Waals surface area contributed by atoms with Crippen LogP contribution in [0.4, 0.5) is 0 Å². The average molecular weight is 471 g/mol. The molecule has 8 atom stereocenters. The van der Waals surface area contributed by atoms with Gasteiger partial charge in [-0.25, -0.2) is 4.79 Å². The minimum absolute atomic E-state index is 0.00456. The summed E-state index contributed by atoms with van der Waals surface area (Å²) in [5.41, 5.74) is -1.57. The molecule has 0 bridgehead atoms. The lowest BCUT2D eigenvalue weighted by atomic mass is 9.46. The molecule has 1 heterocycles. The Labute approximate surface area is 198 Å². The van der Waals surface area contributed by atoms with Crippen LogP contribution in [0, 0.1) is 34.5 Å². The number of fused-ring (bicyclic) bond motifs is 5. The van der Waals surface area contributed by atoms with Gasteiger partial charge in [0.15, 0.2) is 11.4 Å². The van der Waals surface area contributed by atoms with E-state index in [0.29, 0.717) is 12.8 Å². The quantitative estimate of drug-likeness (QED) is 0.509. The highest BCUT2D eigenvalue weighted by Crippen LogP contribution is 2.69. The van der Waals surface area contributed by atoms with Crippen LogP contribution in [0.3, 0.4) is 0 Å². The van der Waals surface area contributed by atoms with Crippen LogP contribution in [-0.4, -0.2) is 33.7 Å². The third-order valence-electron chi connectivity index (χ3n) is 9.33.